The third-order valence-corrected chi connectivity index (χ3v) is 4.44. The van der Waals surface area contributed by atoms with Crippen molar-refractivity contribution in [3.8, 4) is 11.1 Å². The minimum atomic E-state index is -0.688. The molecule has 1 unspecified atom stereocenters. The predicted octanol–water partition coefficient (Wildman–Crippen LogP) is 4.32. The van der Waals surface area contributed by atoms with Crippen molar-refractivity contribution >= 4 is 10.8 Å². The maximum Gasteiger partial charge on any atom is 0.121 e. The van der Waals surface area contributed by atoms with E-state index in [0.29, 0.717) is 0 Å². The SMILES string of the molecule is Cn1cncc1C(O)c1cccc(-c2cccc3ccccc23)c1. The Morgan fingerprint density at radius 2 is 1.75 bits per heavy atom. The fraction of sp³-hybridized carbons (Fsp3) is 0.0952. The zero-order valence-corrected chi connectivity index (χ0v) is 13.4. The second-order valence-corrected chi connectivity index (χ2v) is 5.98. The number of aryl methyl sites for hydroxylation is 1. The molecule has 0 saturated heterocycles. The lowest BCUT2D eigenvalue weighted by molar-refractivity contribution is 0.211. The van der Waals surface area contributed by atoms with Gasteiger partial charge in [0.05, 0.1) is 18.2 Å². The van der Waals surface area contributed by atoms with Crippen molar-refractivity contribution in [1.82, 2.24) is 9.55 Å². The third kappa shape index (κ3) is 2.49. The molecular formula is C21H18N2O. The summed E-state index contributed by atoms with van der Waals surface area (Å²) in [6.07, 6.45) is 2.72. The van der Waals surface area contributed by atoms with Crippen molar-refractivity contribution in [3.05, 3.63) is 90.5 Å². The minimum absolute atomic E-state index is 0.688. The highest BCUT2D eigenvalue weighted by Gasteiger charge is 2.15. The molecule has 1 atom stereocenters. The summed E-state index contributed by atoms with van der Waals surface area (Å²) in [6, 6.07) is 22.8. The normalized spacial score (nSPS) is 12.4. The average molecular weight is 314 g/mol. The van der Waals surface area contributed by atoms with E-state index in [4.69, 9.17) is 0 Å². The number of hydrogen-bond donors (Lipinski definition) is 1. The molecule has 0 fully saturated rings. The Morgan fingerprint density at radius 1 is 0.958 bits per heavy atom. The number of nitrogens with zero attached hydrogens (tertiary/aromatic N) is 2. The van der Waals surface area contributed by atoms with Gasteiger partial charge in [0.25, 0.3) is 0 Å². The van der Waals surface area contributed by atoms with Crippen LogP contribution in [0.3, 0.4) is 0 Å². The molecule has 1 N–H and O–H groups in total. The van der Waals surface area contributed by atoms with Crippen LogP contribution in [0.4, 0.5) is 0 Å². The van der Waals surface area contributed by atoms with Gasteiger partial charge in [0, 0.05) is 7.05 Å². The van der Waals surface area contributed by atoms with E-state index in [-0.39, 0.29) is 0 Å². The first-order valence-electron chi connectivity index (χ1n) is 7.96. The lowest BCUT2D eigenvalue weighted by Crippen LogP contribution is -2.05. The molecule has 0 amide bonds. The van der Waals surface area contributed by atoms with E-state index in [1.54, 1.807) is 12.5 Å². The van der Waals surface area contributed by atoms with Crippen LogP contribution in [0, 0.1) is 0 Å². The molecule has 0 aliphatic rings. The first kappa shape index (κ1) is 14.7. The number of rotatable bonds is 3. The van der Waals surface area contributed by atoms with Gasteiger partial charge in [0.1, 0.15) is 6.10 Å². The molecule has 0 radical (unpaired) electrons. The topological polar surface area (TPSA) is 38.0 Å². The van der Waals surface area contributed by atoms with Gasteiger partial charge in [0.15, 0.2) is 0 Å². The predicted molar refractivity (Wildman–Crippen MR) is 96.7 cm³/mol. The molecule has 1 heterocycles. The van der Waals surface area contributed by atoms with Crippen molar-refractivity contribution in [2.24, 2.45) is 7.05 Å². The summed E-state index contributed by atoms with van der Waals surface area (Å²) in [7, 11) is 1.89. The van der Waals surface area contributed by atoms with E-state index in [9.17, 15) is 5.11 Å². The van der Waals surface area contributed by atoms with E-state index in [1.165, 1.54) is 16.3 Å². The molecule has 0 aliphatic heterocycles. The van der Waals surface area contributed by atoms with Crippen LogP contribution in [-0.2, 0) is 7.05 Å². The lowest BCUT2D eigenvalue weighted by atomic mass is 9.95. The van der Waals surface area contributed by atoms with E-state index >= 15 is 0 Å². The number of imidazole rings is 1. The summed E-state index contributed by atoms with van der Waals surface area (Å²) in [4.78, 5) is 4.09. The summed E-state index contributed by atoms with van der Waals surface area (Å²) in [6.45, 7) is 0. The highest BCUT2D eigenvalue weighted by Crippen LogP contribution is 2.31. The van der Waals surface area contributed by atoms with E-state index in [2.05, 4.69) is 59.6 Å². The van der Waals surface area contributed by atoms with Crippen molar-refractivity contribution in [2.75, 3.05) is 0 Å². The molecule has 4 aromatic rings. The van der Waals surface area contributed by atoms with Crippen LogP contribution in [0.5, 0.6) is 0 Å². The van der Waals surface area contributed by atoms with Crippen molar-refractivity contribution in [3.63, 3.8) is 0 Å². The fourth-order valence-corrected chi connectivity index (χ4v) is 3.16. The molecule has 0 aliphatic carbocycles. The highest BCUT2D eigenvalue weighted by molar-refractivity contribution is 5.96. The lowest BCUT2D eigenvalue weighted by Gasteiger charge is -2.14. The summed E-state index contributed by atoms with van der Waals surface area (Å²) in [5.74, 6) is 0. The maximum atomic E-state index is 10.7. The van der Waals surface area contributed by atoms with Crippen LogP contribution >= 0.6 is 0 Å². The van der Waals surface area contributed by atoms with Crippen molar-refractivity contribution in [1.29, 1.82) is 0 Å². The first-order valence-corrected chi connectivity index (χ1v) is 7.96. The van der Waals surface area contributed by atoms with Crippen molar-refractivity contribution < 1.29 is 5.11 Å². The van der Waals surface area contributed by atoms with Crippen LogP contribution in [0.15, 0.2) is 79.3 Å². The van der Waals surface area contributed by atoms with E-state index < -0.39 is 6.10 Å². The monoisotopic (exact) mass is 314 g/mol. The number of aliphatic hydroxyl groups excluding tert-OH is 1. The van der Waals surface area contributed by atoms with Gasteiger partial charge in [-0.25, -0.2) is 4.98 Å². The molecule has 1 aromatic heterocycles. The minimum Gasteiger partial charge on any atom is -0.382 e. The van der Waals surface area contributed by atoms with Crippen LogP contribution in [0.2, 0.25) is 0 Å². The van der Waals surface area contributed by atoms with Crippen LogP contribution in [0.1, 0.15) is 17.4 Å². The quantitative estimate of drug-likeness (QED) is 0.611. The molecule has 3 nitrogen and oxygen atoms in total. The zero-order valence-electron chi connectivity index (χ0n) is 13.4. The van der Waals surface area contributed by atoms with Crippen LogP contribution in [0.25, 0.3) is 21.9 Å². The standard InChI is InChI=1S/C21H18N2O/c1-23-14-22-13-20(23)21(24)17-9-4-8-16(12-17)19-11-5-7-15-6-2-3-10-18(15)19/h2-14,21,24H,1H3. The Balaban J connectivity index is 1.81. The molecule has 118 valence electrons. The summed E-state index contributed by atoms with van der Waals surface area (Å²) in [5, 5.41) is 13.1. The van der Waals surface area contributed by atoms with Gasteiger partial charge in [-0.2, -0.15) is 0 Å². The van der Waals surface area contributed by atoms with Crippen LogP contribution < -0.4 is 0 Å². The fourth-order valence-electron chi connectivity index (χ4n) is 3.16. The number of hydrogen-bond acceptors (Lipinski definition) is 2. The summed E-state index contributed by atoms with van der Waals surface area (Å²) >= 11 is 0. The van der Waals surface area contributed by atoms with Gasteiger partial charge in [-0.1, -0.05) is 60.7 Å². The Labute approximate surface area is 140 Å². The summed E-state index contributed by atoms with van der Waals surface area (Å²) in [5.41, 5.74) is 3.92. The molecule has 0 bridgehead atoms. The zero-order chi connectivity index (χ0) is 16.5. The van der Waals surface area contributed by atoms with Gasteiger partial charge in [-0.05, 0) is 33.5 Å². The van der Waals surface area contributed by atoms with Gasteiger partial charge in [0.2, 0.25) is 0 Å². The Hall–Kier alpha value is -2.91. The Morgan fingerprint density at radius 3 is 2.58 bits per heavy atom. The molecule has 3 aromatic carbocycles. The number of aromatic nitrogens is 2. The summed E-state index contributed by atoms with van der Waals surface area (Å²) < 4.78 is 1.84. The second kappa shape index (κ2) is 5.95. The number of benzene rings is 3. The molecule has 0 spiro atoms. The number of aliphatic hydroxyl groups is 1. The first-order chi connectivity index (χ1) is 11.7. The van der Waals surface area contributed by atoms with Gasteiger partial charge in [-0.3, -0.25) is 0 Å². The number of fused-ring (bicyclic) bond motifs is 1. The largest absolute Gasteiger partial charge is 0.382 e. The molecular weight excluding hydrogens is 296 g/mol. The van der Waals surface area contributed by atoms with Gasteiger partial charge >= 0.3 is 0 Å². The average Bonchev–Trinajstić information content (AvgIpc) is 3.06. The molecule has 0 saturated carbocycles. The van der Waals surface area contributed by atoms with Crippen LogP contribution in [-0.4, -0.2) is 14.7 Å². The maximum absolute atomic E-state index is 10.7. The smallest absolute Gasteiger partial charge is 0.121 e. The highest BCUT2D eigenvalue weighted by atomic mass is 16.3. The van der Waals surface area contributed by atoms with Gasteiger partial charge in [-0.15, -0.1) is 0 Å². The molecule has 3 heteroatoms. The van der Waals surface area contributed by atoms with Gasteiger partial charge < -0.3 is 9.67 Å². The van der Waals surface area contributed by atoms with E-state index in [0.717, 1.165) is 16.8 Å². The van der Waals surface area contributed by atoms with Crippen molar-refractivity contribution in [2.45, 2.75) is 6.10 Å². The second-order valence-electron chi connectivity index (χ2n) is 5.98. The Kier molecular flexibility index (Phi) is 3.63. The molecule has 24 heavy (non-hydrogen) atoms. The molecule has 4 rings (SSSR count). The third-order valence-electron chi connectivity index (χ3n) is 4.44. The van der Waals surface area contributed by atoms with E-state index in [1.807, 2.05) is 23.7 Å². The Bertz CT molecular complexity index is 998.